The van der Waals surface area contributed by atoms with Crippen LogP contribution in [0.5, 0.6) is 0 Å². The van der Waals surface area contributed by atoms with Crippen molar-refractivity contribution in [2.75, 3.05) is 39.2 Å². The lowest BCUT2D eigenvalue weighted by Crippen LogP contribution is -2.37. The smallest absolute Gasteiger partial charge is 0.191 e. The highest BCUT2D eigenvalue weighted by molar-refractivity contribution is 5.79. The number of aliphatic imine (C=N–C) groups is 1. The second kappa shape index (κ2) is 10.4. The molecule has 0 fully saturated rings. The number of guanidine groups is 1. The van der Waals surface area contributed by atoms with Gasteiger partial charge in [0.15, 0.2) is 5.96 Å². The number of furan rings is 1. The number of hydrogen-bond acceptors (Lipinski definition) is 5. The average molecular weight is 345 g/mol. The number of pyridine rings is 1. The van der Waals surface area contributed by atoms with Crippen LogP contribution in [-0.2, 0) is 17.9 Å². The predicted octanol–water partition coefficient (Wildman–Crippen LogP) is 2.01. The summed E-state index contributed by atoms with van der Waals surface area (Å²) in [6.07, 6.45) is 4.34. The quantitative estimate of drug-likeness (QED) is 0.411. The lowest BCUT2D eigenvalue weighted by atomic mass is 10.2. The molecule has 0 amide bonds. The van der Waals surface area contributed by atoms with Crippen LogP contribution in [0, 0.1) is 0 Å². The molecule has 0 aliphatic carbocycles. The zero-order chi connectivity index (χ0) is 17.9. The summed E-state index contributed by atoms with van der Waals surface area (Å²) in [6, 6.07) is 7.77. The third-order valence-corrected chi connectivity index (χ3v) is 3.54. The summed E-state index contributed by atoms with van der Waals surface area (Å²) in [6.45, 7) is 2.62. The largest absolute Gasteiger partial charge is 0.467 e. The van der Waals surface area contributed by atoms with Crippen LogP contribution in [0.1, 0.15) is 17.7 Å². The maximum Gasteiger partial charge on any atom is 0.191 e. The first-order valence-electron chi connectivity index (χ1n) is 8.36. The summed E-state index contributed by atoms with van der Waals surface area (Å²) < 4.78 is 10.8. The second-order valence-corrected chi connectivity index (χ2v) is 5.72. The molecule has 2 N–H and O–H groups in total. The van der Waals surface area contributed by atoms with Crippen LogP contribution in [0.4, 0.5) is 5.82 Å². The Balaban J connectivity index is 1.65. The molecule has 7 nitrogen and oxygen atoms in total. The fraction of sp³-hybridized carbons (Fsp3) is 0.444. The monoisotopic (exact) mass is 345 g/mol. The van der Waals surface area contributed by atoms with Gasteiger partial charge in [-0.05, 0) is 24.6 Å². The van der Waals surface area contributed by atoms with Gasteiger partial charge in [0, 0.05) is 52.6 Å². The maximum absolute atomic E-state index is 5.56. The molecule has 2 aromatic heterocycles. The molecule has 0 bridgehead atoms. The van der Waals surface area contributed by atoms with Crippen molar-refractivity contribution in [3.8, 4) is 0 Å². The van der Waals surface area contributed by atoms with Gasteiger partial charge in [-0.3, -0.25) is 4.99 Å². The van der Waals surface area contributed by atoms with Crippen molar-refractivity contribution in [3.63, 3.8) is 0 Å². The lowest BCUT2D eigenvalue weighted by Gasteiger charge is -2.17. The van der Waals surface area contributed by atoms with Crippen molar-refractivity contribution in [1.29, 1.82) is 0 Å². The van der Waals surface area contributed by atoms with Crippen molar-refractivity contribution in [2.45, 2.75) is 19.6 Å². The molecule has 2 heterocycles. The minimum atomic E-state index is 0.508. The van der Waals surface area contributed by atoms with E-state index in [1.54, 1.807) is 19.5 Å². The van der Waals surface area contributed by atoms with Gasteiger partial charge in [0.2, 0.25) is 0 Å². The normalized spacial score (nSPS) is 11.4. The molecule has 0 atom stereocenters. The van der Waals surface area contributed by atoms with Crippen LogP contribution in [0.2, 0.25) is 0 Å². The number of nitrogens with one attached hydrogen (secondary N) is 2. The van der Waals surface area contributed by atoms with Gasteiger partial charge in [-0.25, -0.2) is 4.98 Å². The molecule has 2 aromatic rings. The molecule has 0 aromatic carbocycles. The first-order chi connectivity index (χ1) is 12.2. The van der Waals surface area contributed by atoms with Crippen molar-refractivity contribution < 1.29 is 9.15 Å². The molecule has 0 aliphatic heterocycles. The summed E-state index contributed by atoms with van der Waals surface area (Å²) in [5.74, 6) is 2.56. The molecule has 25 heavy (non-hydrogen) atoms. The molecule has 136 valence electrons. The first-order valence-corrected chi connectivity index (χ1v) is 8.36. The van der Waals surface area contributed by atoms with E-state index in [0.717, 1.165) is 36.1 Å². The molecule has 0 unspecified atom stereocenters. The van der Waals surface area contributed by atoms with E-state index in [4.69, 9.17) is 9.15 Å². The van der Waals surface area contributed by atoms with Gasteiger partial charge < -0.3 is 24.7 Å². The van der Waals surface area contributed by atoms with E-state index < -0.39 is 0 Å². The summed E-state index contributed by atoms with van der Waals surface area (Å²) in [4.78, 5) is 10.6. The van der Waals surface area contributed by atoms with E-state index in [-0.39, 0.29) is 0 Å². The Bertz CT molecular complexity index is 641. The van der Waals surface area contributed by atoms with Crippen molar-refractivity contribution in [3.05, 3.63) is 48.0 Å². The molecule has 0 saturated heterocycles. The van der Waals surface area contributed by atoms with Gasteiger partial charge in [-0.1, -0.05) is 6.07 Å². The fourth-order valence-corrected chi connectivity index (χ4v) is 2.32. The van der Waals surface area contributed by atoms with Gasteiger partial charge in [0.05, 0.1) is 6.26 Å². The van der Waals surface area contributed by atoms with Gasteiger partial charge in [0.25, 0.3) is 0 Å². The molecule has 0 spiro atoms. The van der Waals surface area contributed by atoms with E-state index in [9.17, 15) is 0 Å². The number of rotatable bonds is 9. The minimum absolute atomic E-state index is 0.508. The highest BCUT2D eigenvalue weighted by Crippen LogP contribution is 2.13. The molecular weight excluding hydrogens is 318 g/mol. The molecular formula is C18H27N5O2. The highest BCUT2D eigenvalue weighted by Gasteiger charge is 2.06. The number of aromatic nitrogens is 1. The zero-order valence-electron chi connectivity index (χ0n) is 15.2. The molecule has 7 heteroatoms. The SMILES string of the molecule is CN=C(NCCCOCc1ccco1)NCc1cccnc1N(C)C. The van der Waals surface area contributed by atoms with E-state index in [2.05, 4.69) is 26.7 Å². The van der Waals surface area contributed by atoms with Crippen LogP contribution in [0.15, 0.2) is 46.1 Å². The minimum Gasteiger partial charge on any atom is -0.467 e. The summed E-state index contributed by atoms with van der Waals surface area (Å²) in [7, 11) is 5.74. The fourth-order valence-electron chi connectivity index (χ4n) is 2.32. The van der Waals surface area contributed by atoms with E-state index in [1.807, 2.05) is 37.2 Å². The molecule has 0 aliphatic rings. The van der Waals surface area contributed by atoms with Crippen LogP contribution in [0.3, 0.4) is 0 Å². The standard InChI is InChI=1S/C18H27N5O2/c1-19-18(21-10-6-11-24-14-16-8-5-12-25-16)22-13-15-7-4-9-20-17(15)23(2)3/h4-5,7-9,12H,6,10-11,13-14H2,1-3H3,(H2,19,21,22). The van der Waals surface area contributed by atoms with E-state index >= 15 is 0 Å². The summed E-state index contributed by atoms with van der Waals surface area (Å²) in [5, 5.41) is 6.59. The topological polar surface area (TPSA) is 74.9 Å². The number of anilines is 1. The van der Waals surface area contributed by atoms with Crippen LogP contribution in [-0.4, -0.2) is 45.2 Å². The van der Waals surface area contributed by atoms with Gasteiger partial charge >= 0.3 is 0 Å². The zero-order valence-corrected chi connectivity index (χ0v) is 15.2. The van der Waals surface area contributed by atoms with Crippen LogP contribution < -0.4 is 15.5 Å². The molecule has 2 rings (SSSR count). The Morgan fingerprint density at radius 3 is 2.88 bits per heavy atom. The second-order valence-electron chi connectivity index (χ2n) is 5.72. The molecule has 0 radical (unpaired) electrons. The lowest BCUT2D eigenvalue weighted by molar-refractivity contribution is 0.105. The number of hydrogen-bond donors (Lipinski definition) is 2. The van der Waals surface area contributed by atoms with Gasteiger partial charge in [-0.2, -0.15) is 0 Å². The third-order valence-electron chi connectivity index (χ3n) is 3.54. The summed E-state index contributed by atoms with van der Waals surface area (Å²) in [5.41, 5.74) is 1.12. The number of ether oxygens (including phenoxy) is 1. The predicted molar refractivity (Wildman–Crippen MR) is 99.7 cm³/mol. The van der Waals surface area contributed by atoms with E-state index in [1.165, 1.54) is 0 Å². The van der Waals surface area contributed by atoms with Gasteiger partial charge in [-0.15, -0.1) is 0 Å². The summed E-state index contributed by atoms with van der Waals surface area (Å²) >= 11 is 0. The molecule has 0 saturated carbocycles. The maximum atomic E-state index is 5.56. The Morgan fingerprint density at radius 2 is 2.16 bits per heavy atom. The Morgan fingerprint density at radius 1 is 1.28 bits per heavy atom. The van der Waals surface area contributed by atoms with Crippen molar-refractivity contribution in [2.24, 2.45) is 4.99 Å². The van der Waals surface area contributed by atoms with Crippen molar-refractivity contribution >= 4 is 11.8 Å². The van der Waals surface area contributed by atoms with Crippen molar-refractivity contribution in [1.82, 2.24) is 15.6 Å². The Kier molecular flexibility index (Phi) is 7.78. The highest BCUT2D eigenvalue weighted by atomic mass is 16.5. The number of nitrogens with zero attached hydrogens (tertiary/aromatic N) is 3. The average Bonchev–Trinajstić information content (AvgIpc) is 3.14. The third kappa shape index (κ3) is 6.46. The first kappa shape index (κ1) is 18.8. The van der Waals surface area contributed by atoms with Gasteiger partial charge in [0.1, 0.15) is 18.2 Å². The Hall–Kier alpha value is -2.54. The van der Waals surface area contributed by atoms with Crippen LogP contribution in [0.25, 0.3) is 0 Å². The Labute approximate surface area is 149 Å². The van der Waals surface area contributed by atoms with E-state index in [0.29, 0.717) is 19.8 Å². The van der Waals surface area contributed by atoms with Crippen LogP contribution >= 0.6 is 0 Å².